The third-order valence-corrected chi connectivity index (χ3v) is 13.2. The molecular weight excluding hydrogens is 811 g/mol. The monoisotopic (exact) mass is 855 g/mol. The standard InChI is InChI=1S/C64H45N3/c1-4-14-45(15-5-1)47-28-31-49(32-29-47)59(55-33-30-46-16-10-11-21-53(46)41-55)40-44-24-26-48(27-25-44)54-36-39-58-57-22-12-13-23-62(57)67(63(58)42-54)56-37-34-52(35-38-56)64-65-60(50-17-6-2-7-18-50)43-61(66-64)51-19-8-3-9-20-51/h1-39,41-43,59H,40H2. The summed E-state index contributed by atoms with van der Waals surface area (Å²) in [6.07, 6.45) is 0.891. The van der Waals surface area contributed by atoms with Gasteiger partial charge in [-0.05, 0) is 98.6 Å². The molecule has 2 heterocycles. The van der Waals surface area contributed by atoms with E-state index in [1.54, 1.807) is 0 Å². The summed E-state index contributed by atoms with van der Waals surface area (Å²) in [6.45, 7) is 0. The molecule has 12 aromatic rings. The van der Waals surface area contributed by atoms with E-state index < -0.39 is 0 Å². The SMILES string of the molecule is c1ccc(-c2ccc(C(Cc3ccc(-c4ccc5c6ccccc6n(-c6ccc(-c7nc(-c8ccccc8)cc(-c8ccccc8)n7)cc6)c5c4)cc3)c3ccc4ccccc4c3)cc2)cc1. The van der Waals surface area contributed by atoms with Crippen LogP contribution >= 0.6 is 0 Å². The van der Waals surface area contributed by atoms with Gasteiger partial charge < -0.3 is 4.57 Å². The Hall–Kier alpha value is -8.66. The van der Waals surface area contributed by atoms with Crippen molar-refractivity contribution in [3.63, 3.8) is 0 Å². The second-order valence-corrected chi connectivity index (χ2v) is 17.4. The molecule has 0 amide bonds. The predicted molar refractivity (Wildman–Crippen MR) is 279 cm³/mol. The number of nitrogens with zero attached hydrogens (tertiary/aromatic N) is 3. The molecule has 0 aliphatic heterocycles. The third kappa shape index (κ3) is 7.87. The van der Waals surface area contributed by atoms with Crippen molar-refractivity contribution in [2.75, 3.05) is 0 Å². The normalized spacial score (nSPS) is 11.9. The van der Waals surface area contributed by atoms with E-state index in [0.29, 0.717) is 5.82 Å². The van der Waals surface area contributed by atoms with Crippen LogP contribution in [-0.2, 0) is 6.42 Å². The molecule has 1 atom stereocenters. The highest BCUT2D eigenvalue weighted by Crippen LogP contribution is 2.37. The molecule has 10 aromatic carbocycles. The lowest BCUT2D eigenvalue weighted by atomic mass is 9.84. The minimum atomic E-state index is 0.198. The highest BCUT2D eigenvalue weighted by atomic mass is 15.0. The van der Waals surface area contributed by atoms with E-state index in [9.17, 15) is 0 Å². The maximum atomic E-state index is 5.10. The molecule has 0 spiro atoms. The van der Waals surface area contributed by atoms with E-state index in [4.69, 9.17) is 9.97 Å². The molecule has 0 saturated carbocycles. The van der Waals surface area contributed by atoms with Crippen LogP contribution in [0.1, 0.15) is 22.6 Å². The predicted octanol–water partition coefficient (Wildman–Crippen LogP) is 16.4. The van der Waals surface area contributed by atoms with Crippen LogP contribution in [0.3, 0.4) is 0 Å². The number of rotatable bonds is 10. The zero-order valence-electron chi connectivity index (χ0n) is 36.9. The van der Waals surface area contributed by atoms with Gasteiger partial charge in [0, 0.05) is 39.1 Å². The van der Waals surface area contributed by atoms with Gasteiger partial charge in [0.1, 0.15) is 0 Å². The molecule has 0 bridgehead atoms. The van der Waals surface area contributed by atoms with Crippen molar-refractivity contribution in [3.8, 4) is 61.8 Å². The lowest BCUT2D eigenvalue weighted by Crippen LogP contribution is -2.05. The van der Waals surface area contributed by atoms with E-state index in [1.165, 1.54) is 71.5 Å². The molecule has 2 aromatic heterocycles. The summed E-state index contributed by atoms with van der Waals surface area (Å²) in [5, 5.41) is 4.98. The van der Waals surface area contributed by atoms with Gasteiger partial charge in [0.2, 0.25) is 0 Å². The van der Waals surface area contributed by atoms with Crippen LogP contribution in [0.15, 0.2) is 255 Å². The Balaban J connectivity index is 0.876. The molecular formula is C64H45N3. The molecule has 12 rings (SSSR count). The van der Waals surface area contributed by atoms with Crippen LogP contribution in [0.5, 0.6) is 0 Å². The second-order valence-electron chi connectivity index (χ2n) is 17.4. The zero-order valence-corrected chi connectivity index (χ0v) is 36.9. The summed E-state index contributed by atoms with van der Waals surface area (Å²) in [6, 6.07) is 91.7. The van der Waals surface area contributed by atoms with Gasteiger partial charge in [-0.1, -0.05) is 212 Å². The smallest absolute Gasteiger partial charge is 0.160 e. The molecule has 316 valence electrons. The molecule has 0 fully saturated rings. The number of benzene rings is 10. The average molecular weight is 856 g/mol. The first-order chi connectivity index (χ1) is 33.2. The minimum absolute atomic E-state index is 0.198. The average Bonchev–Trinajstić information content (AvgIpc) is 3.74. The molecule has 0 radical (unpaired) electrons. The fraction of sp³-hybridized carbons (Fsp3) is 0.0312. The van der Waals surface area contributed by atoms with Crippen molar-refractivity contribution in [3.05, 3.63) is 271 Å². The summed E-state index contributed by atoms with van der Waals surface area (Å²) in [5.74, 6) is 0.897. The number of aromatic nitrogens is 3. The van der Waals surface area contributed by atoms with Gasteiger partial charge in [-0.2, -0.15) is 0 Å². The van der Waals surface area contributed by atoms with Crippen LogP contribution in [0.4, 0.5) is 0 Å². The largest absolute Gasteiger partial charge is 0.309 e. The quantitative estimate of drug-likeness (QED) is 0.137. The van der Waals surface area contributed by atoms with Gasteiger partial charge in [0.15, 0.2) is 5.82 Å². The number of hydrogen-bond donors (Lipinski definition) is 0. The molecule has 3 heteroatoms. The summed E-state index contributed by atoms with van der Waals surface area (Å²) in [7, 11) is 0. The fourth-order valence-corrected chi connectivity index (χ4v) is 9.74. The van der Waals surface area contributed by atoms with Gasteiger partial charge in [-0.15, -0.1) is 0 Å². The third-order valence-electron chi connectivity index (χ3n) is 13.2. The van der Waals surface area contributed by atoms with E-state index in [-0.39, 0.29) is 5.92 Å². The van der Waals surface area contributed by atoms with Gasteiger partial charge in [0.25, 0.3) is 0 Å². The van der Waals surface area contributed by atoms with Crippen molar-refractivity contribution >= 4 is 32.6 Å². The van der Waals surface area contributed by atoms with Crippen molar-refractivity contribution < 1.29 is 0 Å². The molecule has 0 saturated heterocycles. The molecule has 0 aliphatic rings. The van der Waals surface area contributed by atoms with Gasteiger partial charge >= 0.3 is 0 Å². The van der Waals surface area contributed by atoms with Crippen molar-refractivity contribution in [2.45, 2.75) is 12.3 Å². The Morgan fingerprint density at radius 3 is 1.52 bits per heavy atom. The summed E-state index contributed by atoms with van der Waals surface area (Å²) >= 11 is 0. The Kier molecular flexibility index (Phi) is 10.3. The molecule has 1 unspecified atom stereocenters. The first kappa shape index (κ1) is 39.9. The number of hydrogen-bond acceptors (Lipinski definition) is 2. The van der Waals surface area contributed by atoms with Crippen LogP contribution < -0.4 is 0 Å². The van der Waals surface area contributed by atoms with Crippen LogP contribution in [0, 0.1) is 0 Å². The van der Waals surface area contributed by atoms with Crippen molar-refractivity contribution in [1.29, 1.82) is 0 Å². The van der Waals surface area contributed by atoms with Crippen molar-refractivity contribution in [1.82, 2.24) is 14.5 Å². The Morgan fingerprint density at radius 1 is 0.328 bits per heavy atom. The molecule has 67 heavy (non-hydrogen) atoms. The van der Waals surface area contributed by atoms with E-state index in [2.05, 4.69) is 247 Å². The Labute approximate surface area is 391 Å². The van der Waals surface area contributed by atoms with Crippen LogP contribution in [-0.4, -0.2) is 14.5 Å². The van der Waals surface area contributed by atoms with Crippen molar-refractivity contribution in [2.24, 2.45) is 0 Å². The van der Waals surface area contributed by atoms with Gasteiger partial charge in [0.05, 0.1) is 22.4 Å². The first-order valence-electron chi connectivity index (χ1n) is 23.1. The highest BCUT2D eigenvalue weighted by Gasteiger charge is 2.18. The highest BCUT2D eigenvalue weighted by molar-refractivity contribution is 6.10. The molecule has 0 aliphatic carbocycles. The topological polar surface area (TPSA) is 30.7 Å². The lowest BCUT2D eigenvalue weighted by molar-refractivity contribution is 0.807. The minimum Gasteiger partial charge on any atom is -0.309 e. The van der Waals surface area contributed by atoms with E-state index in [0.717, 1.165) is 40.2 Å². The molecule has 0 N–H and O–H groups in total. The Bertz CT molecular complexity index is 3610. The summed E-state index contributed by atoms with van der Waals surface area (Å²) in [5.41, 5.74) is 17.1. The van der Waals surface area contributed by atoms with E-state index in [1.807, 2.05) is 12.1 Å². The Morgan fingerprint density at radius 2 is 0.836 bits per heavy atom. The summed E-state index contributed by atoms with van der Waals surface area (Å²) < 4.78 is 2.39. The fourth-order valence-electron chi connectivity index (χ4n) is 9.74. The van der Waals surface area contributed by atoms with Crippen LogP contribution in [0.25, 0.3) is 94.4 Å². The summed E-state index contributed by atoms with van der Waals surface area (Å²) in [4.78, 5) is 10.2. The van der Waals surface area contributed by atoms with Gasteiger partial charge in [-0.25, -0.2) is 9.97 Å². The second kappa shape index (κ2) is 17.4. The number of fused-ring (bicyclic) bond motifs is 4. The van der Waals surface area contributed by atoms with Gasteiger partial charge in [-0.3, -0.25) is 0 Å². The first-order valence-corrected chi connectivity index (χ1v) is 23.1. The number of para-hydroxylation sites is 1. The van der Waals surface area contributed by atoms with Crippen LogP contribution in [0.2, 0.25) is 0 Å². The maximum absolute atomic E-state index is 5.10. The zero-order chi connectivity index (χ0) is 44.5. The maximum Gasteiger partial charge on any atom is 0.160 e. The lowest BCUT2D eigenvalue weighted by Gasteiger charge is -2.20. The molecule has 3 nitrogen and oxygen atoms in total. The van der Waals surface area contributed by atoms with E-state index >= 15 is 0 Å².